The lowest BCUT2D eigenvalue weighted by molar-refractivity contribution is -0.132. The van der Waals surface area contributed by atoms with Crippen molar-refractivity contribution in [1.82, 2.24) is 14.5 Å². The summed E-state index contributed by atoms with van der Waals surface area (Å²) in [6.45, 7) is 5.05. The largest absolute Gasteiger partial charge is 0.378 e. The number of hydrogen-bond donors (Lipinski definition) is 0. The van der Waals surface area contributed by atoms with Gasteiger partial charge >= 0.3 is 0 Å². The van der Waals surface area contributed by atoms with Crippen molar-refractivity contribution in [2.75, 3.05) is 19.7 Å². The Hall–Kier alpha value is -1.36. The summed E-state index contributed by atoms with van der Waals surface area (Å²) in [5.41, 5.74) is 0.352. The Morgan fingerprint density at radius 1 is 1.53 bits per heavy atom. The highest BCUT2D eigenvalue weighted by Crippen LogP contribution is 2.49. The maximum atomic E-state index is 12.2. The molecule has 1 aliphatic heterocycles. The van der Waals surface area contributed by atoms with Gasteiger partial charge in [-0.1, -0.05) is 0 Å². The first-order chi connectivity index (χ1) is 9.21. The summed E-state index contributed by atoms with van der Waals surface area (Å²) in [5.74, 6) is 0.203. The minimum Gasteiger partial charge on any atom is -0.378 e. The van der Waals surface area contributed by atoms with Crippen LogP contribution < -0.4 is 0 Å². The van der Waals surface area contributed by atoms with E-state index >= 15 is 0 Å². The SMILES string of the molecule is CCOC1CC2(CCN(C(=O)Cn3ccnc3)C2)C1. The molecule has 0 radical (unpaired) electrons. The summed E-state index contributed by atoms with van der Waals surface area (Å²) in [6, 6.07) is 0. The number of hydrogen-bond acceptors (Lipinski definition) is 3. The van der Waals surface area contributed by atoms with Gasteiger partial charge in [0.2, 0.25) is 5.91 Å². The van der Waals surface area contributed by atoms with E-state index in [9.17, 15) is 4.79 Å². The second-order valence-electron chi connectivity index (χ2n) is 5.79. The second-order valence-corrected chi connectivity index (χ2v) is 5.79. The fraction of sp³-hybridized carbons (Fsp3) is 0.714. The highest BCUT2D eigenvalue weighted by molar-refractivity contribution is 5.76. The smallest absolute Gasteiger partial charge is 0.242 e. The number of carbonyl (C=O) groups is 1. The van der Waals surface area contributed by atoms with Crippen LogP contribution in [0.3, 0.4) is 0 Å². The van der Waals surface area contributed by atoms with Gasteiger partial charge in [-0.25, -0.2) is 4.98 Å². The minimum absolute atomic E-state index is 0.203. The van der Waals surface area contributed by atoms with Gasteiger partial charge in [-0.15, -0.1) is 0 Å². The molecule has 1 saturated heterocycles. The Morgan fingerprint density at radius 2 is 2.37 bits per heavy atom. The van der Waals surface area contributed by atoms with E-state index in [2.05, 4.69) is 4.98 Å². The number of nitrogens with zero attached hydrogens (tertiary/aromatic N) is 3. The summed E-state index contributed by atoms with van der Waals surface area (Å²) >= 11 is 0. The molecule has 1 aromatic heterocycles. The molecule has 19 heavy (non-hydrogen) atoms. The molecule has 1 aromatic rings. The lowest BCUT2D eigenvalue weighted by Gasteiger charge is -2.44. The van der Waals surface area contributed by atoms with Gasteiger partial charge in [-0.3, -0.25) is 4.79 Å². The Bertz CT molecular complexity index is 438. The number of imidazole rings is 1. The molecular formula is C14H21N3O2. The molecule has 1 amide bonds. The van der Waals surface area contributed by atoms with E-state index in [4.69, 9.17) is 4.74 Å². The average molecular weight is 263 g/mol. The van der Waals surface area contributed by atoms with Crippen LogP contribution in [0.25, 0.3) is 0 Å². The molecule has 2 aliphatic rings. The van der Waals surface area contributed by atoms with Crippen molar-refractivity contribution in [3.63, 3.8) is 0 Å². The lowest BCUT2D eigenvalue weighted by Crippen LogP contribution is -2.45. The average Bonchev–Trinajstić information content (AvgIpc) is 2.97. The van der Waals surface area contributed by atoms with Crippen molar-refractivity contribution in [3.8, 4) is 0 Å². The molecule has 0 aromatic carbocycles. The Morgan fingerprint density at radius 3 is 3.05 bits per heavy atom. The number of likely N-dealkylation sites (tertiary alicyclic amines) is 1. The van der Waals surface area contributed by atoms with E-state index in [1.54, 1.807) is 12.5 Å². The van der Waals surface area contributed by atoms with Crippen molar-refractivity contribution in [2.45, 2.75) is 38.8 Å². The molecule has 0 N–H and O–H groups in total. The van der Waals surface area contributed by atoms with Gasteiger partial charge in [-0.2, -0.15) is 0 Å². The Labute approximate surface area is 113 Å². The van der Waals surface area contributed by atoms with Crippen LogP contribution in [-0.4, -0.2) is 46.2 Å². The van der Waals surface area contributed by atoms with Gasteiger partial charge in [0.05, 0.1) is 12.4 Å². The number of ether oxygens (including phenoxy) is 1. The summed E-state index contributed by atoms with van der Waals surface area (Å²) < 4.78 is 7.46. The zero-order chi connectivity index (χ0) is 13.3. The number of carbonyl (C=O) groups excluding carboxylic acids is 1. The van der Waals surface area contributed by atoms with E-state index in [1.807, 2.05) is 22.6 Å². The number of aromatic nitrogens is 2. The molecule has 0 atom stereocenters. The van der Waals surface area contributed by atoms with Crippen LogP contribution >= 0.6 is 0 Å². The van der Waals surface area contributed by atoms with Gasteiger partial charge in [0.1, 0.15) is 6.54 Å². The van der Waals surface area contributed by atoms with E-state index in [-0.39, 0.29) is 5.91 Å². The number of rotatable bonds is 4. The molecule has 2 heterocycles. The third kappa shape index (κ3) is 2.52. The van der Waals surface area contributed by atoms with Gasteiger partial charge in [-0.05, 0) is 31.6 Å². The first kappa shape index (κ1) is 12.7. The maximum absolute atomic E-state index is 12.2. The van der Waals surface area contributed by atoms with E-state index in [1.165, 1.54) is 0 Å². The predicted molar refractivity (Wildman–Crippen MR) is 70.5 cm³/mol. The molecule has 0 unspecified atom stereocenters. The van der Waals surface area contributed by atoms with E-state index in [0.717, 1.165) is 39.0 Å². The van der Waals surface area contributed by atoms with E-state index in [0.29, 0.717) is 18.1 Å². The van der Waals surface area contributed by atoms with Gasteiger partial charge in [0, 0.05) is 32.1 Å². The van der Waals surface area contributed by atoms with E-state index < -0.39 is 0 Å². The summed E-state index contributed by atoms with van der Waals surface area (Å²) in [7, 11) is 0. The lowest BCUT2D eigenvalue weighted by atomic mass is 9.66. The van der Waals surface area contributed by atoms with Crippen molar-refractivity contribution < 1.29 is 9.53 Å². The van der Waals surface area contributed by atoms with Crippen molar-refractivity contribution in [3.05, 3.63) is 18.7 Å². The standard InChI is InChI=1S/C14H21N3O2/c1-2-19-12-7-14(8-12)3-5-17(10-14)13(18)9-16-6-4-15-11-16/h4,6,11-12H,2-3,5,7-10H2,1H3. The van der Waals surface area contributed by atoms with Crippen LogP contribution in [-0.2, 0) is 16.1 Å². The molecule has 3 rings (SSSR count). The monoisotopic (exact) mass is 263 g/mol. The van der Waals surface area contributed by atoms with Crippen LogP contribution in [0.4, 0.5) is 0 Å². The molecule has 2 fully saturated rings. The van der Waals surface area contributed by atoms with Crippen LogP contribution in [0.15, 0.2) is 18.7 Å². The summed E-state index contributed by atoms with van der Waals surface area (Å²) in [5, 5.41) is 0. The summed E-state index contributed by atoms with van der Waals surface area (Å²) in [6.07, 6.45) is 9.03. The highest BCUT2D eigenvalue weighted by atomic mass is 16.5. The zero-order valence-electron chi connectivity index (χ0n) is 11.4. The van der Waals surface area contributed by atoms with Crippen LogP contribution in [0.1, 0.15) is 26.2 Å². The number of amides is 1. The molecule has 5 heteroatoms. The van der Waals surface area contributed by atoms with Crippen LogP contribution in [0.2, 0.25) is 0 Å². The molecule has 1 aliphatic carbocycles. The molecule has 1 saturated carbocycles. The molecule has 104 valence electrons. The van der Waals surface area contributed by atoms with Crippen molar-refractivity contribution >= 4 is 5.91 Å². The Kier molecular flexibility index (Phi) is 3.31. The third-order valence-electron chi connectivity index (χ3n) is 4.39. The highest BCUT2D eigenvalue weighted by Gasteiger charge is 2.49. The predicted octanol–water partition coefficient (Wildman–Crippen LogP) is 1.30. The topological polar surface area (TPSA) is 47.4 Å². The van der Waals surface area contributed by atoms with Gasteiger partial charge < -0.3 is 14.2 Å². The minimum atomic E-state index is 0.203. The third-order valence-corrected chi connectivity index (χ3v) is 4.39. The Balaban J connectivity index is 1.51. The van der Waals surface area contributed by atoms with Gasteiger partial charge in [0.15, 0.2) is 0 Å². The van der Waals surface area contributed by atoms with Crippen LogP contribution in [0.5, 0.6) is 0 Å². The van der Waals surface area contributed by atoms with Crippen LogP contribution in [0, 0.1) is 5.41 Å². The summed E-state index contributed by atoms with van der Waals surface area (Å²) in [4.78, 5) is 18.2. The zero-order valence-corrected chi connectivity index (χ0v) is 11.4. The van der Waals surface area contributed by atoms with Gasteiger partial charge in [0.25, 0.3) is 0 Å². The first-order valence-corrected chi connectivity index (χ1v) is 7.06. The molecule has 5 nitrogen and oxygen atoms in total. The normalized spacial score (nSPS) is 29.7. The fourth-order valence-electron chi connectivity index (χ4n) is 3.38. The second kappa shape index (κ2) is 4.96. The molecular weight excluding hydrogens is 242 g/mol. The quantitative estimate of drug-likeness (QED) is 0.822. The molecule has 1 spiro atoms. The first-order valence-electron chi connectivity index (χ1n) is 7.06. The van der Waals surface area contributed by atoms with Crippen molar-refractivity contribution in [2.24, 2.45) is 5.41 Å². The maximum Gasteiger partial charge on any atom is 0.242 e. The fourth-order valence-corrected chi connectivity index (χ4v) is 3.38. The van der Waals surface area contributed by atoms with Crippen molar-refractivity contribution in [1.29, 1.82) is 0 Å². The molecule has 0 bridgehead atoms.